The Labute approximate surface area is 108 Å². The van der Waals surface area contributed by atoms with Gasteiger partial charge < -0.3 is 5.73 Å². The highest BCUT2D eigenvalue weighted by molar-refractivity contribution is 9.10. The molecular formula is C9H8Br2N2O3. The zero-order valence-electron chi connectivity index (χ0n) is 8.02. The molecule has 0 saturated carbocycles. The second kappa shape index (κ2) is 5.40. The SMILES string of the molecule is NC(=O)C(Br)Cc1cc([N+](=O)[O-])ccc1Br. The van der Waals surface area contributed by atoms with Gasteiger partial charge in [0.15, 0.2) is 0 Å². The average Bonchev–Trinajstić information content (AvgIpc) is 2.20. The number of alkyl halides is 1. The van der Waals surface area contributed by atoms with Crippen molar-refractivity contribution in [1.29, 1.82) is 0 Å². The van der Waals surface area contributed by atoms with Crippen LogP contribution in [-0.2, 0) is 11.2 Å². The molecule has 0 aliphatic rings. The zero-order chi connectivity index (χ0) is 12.3. The van der Waals surface area contributed by atoms with E-state index in [-0.39, 0.29) is 5.69 Å². The van der Waals surface area contributed by atoms with Gasteiger partial charge in [0.1, 0.15) is 0 Å². The summed E-state index contributed by atoms with van der Waals surface area (Å²) in [6.07, 6.45) is 0.303. The van der Waals surface area contributed by atoms with Crippen molar-refractivity contribution >= 4 is 43.5 Å². The van der Waals surface area contributed by atoms with Crippen molar-refractivity contribution in [3.8, 4) is 0 Å². The summed E-state index contributed by atoms with van der Waals surface area (Å²) in [7, 11) is 0. The third-order valence-electron chi connectivity index (χ3n) is 1.95. The number of benzene rings is 1. The van der Waals surface area contributed by atoms with Gasteiger partial charge in [0, 0.05) is 16.6 Å². The highest BCUT2D eigenvalue weighted by atomic mass is 79.9. The molecule has 2 N–H and O–H groups in total. The monoisotopic (exact) mass is 350 g/mol. The van der Waals surface area contributed by atoms with Gasteiger partial charge >= 0.3 is 0 Å². The predicted molar refractivity (Wildman–Crippen MR) is 66.4 cm³/mol. The predicted octanol–water partition coefficient (Wildman–Crippen LogP) is 2.15. The number of nitro groups is 1. The fourth-order valence-corrected chi connectivity index (χ4v) is 1.88. The van der Waals surface area contributed by atoms with E-state index in [1.807, 2.05) is 0 Å². The molecule has 16 heavy (non-hydrogen) atoms. The van der Waals surface area contributed by atoms with Crippen molar-refractivity contribution in [3.05, 3.63) is 38.3 Å². The van der Waals surface area contributed by atoms with Crippen LogP contribution < -0.4 is 5.73 Å². The lowest BCUT2D eigenvalue weighted by Crippen LogP contribution is -2.25. The van der Waals surface area contributed by atoms with Crippen LogP contribution in [-0.4, -0.2) is 15.7 Å². The molecule has 1 atom stereocenters. The van der Waals surface area contributed by atoms with Crippen molar-refractivity contribution in [2.24, 2.45) is 5.73 Å². The highest BCUT2D eigenvalue weighted by Crippen LogP contribution is 2.24. The Morgan fingerprint density at radius 1 is 1.56 bits per heavy atom. The molecule has 0 saturated heterocycles. The molecular weight excluding hydrogens is 344 g/mol. The molecule has 0 fully saturated rings. The molecule has 7 heteroatoms. The minimum Gasteiger partial charge on any atom is -0.369 e. The number of hydrogen-bond acceptors (Lipinski definition) is 3. The minimum atomic E-state index is -0.536. The van der Waals surface area contributed by atoms with Crippen LogP contribution in [0.2, 0.25) is 0 Å². The van der Waals surface area contributed by atoms with Gasteiger partial charge in [-0.15, -0.1) is 0 Å². The van der Waals surface area contributed by atoms with E-state index in [0.717, 1.165) is 0 Å². The summed E-state index contributed by atoms with van der Waals surface area (Å²) < 4.78 is 0.712. The van der Waals surface area contributed by atoms with Crippen LogP contribution in [0.15, 0.2) is 22.7 Å². The fraction of sp³-hybridized carbons (Fsp3) is 0.222. The molecule has 1 aromatic rings. The Balaban J connectivity index is 2.98. The second-order valence-corrected chi connectivity index (χ2v) is 5.07. The number of nitro benzene ring substituents is 1. The number of primary amides is 1. The normalized spacial score (nSPS) is 12.1. The second-order valence-electron chi connectivity index (χ2n) is 3.11. The number of nitrogens with zero attached hydrogens (tertiary/aromatic N) is 1. The fourth-order valence-electron chi connectivity index (χ4n) is 1.12. The maximum Gasteiger partial charge on any atom is 0.269 e. The molecule has 0 radical (unpaired) electrons. The first-order valence-electron chi connectivity index (χ1n) is 4.28. The summed E-state index contributed by atoms with van der Waals surface area (Å²) in [6.45, 7) is 0. The van der Waals surface area contributed by atoms with E-state index in [1.165, 1.54) is 12.1 Å². The van der Waals surface area contributed by atoms with E-state index in [0.29, 0.717) is 16.5 Å². The zero-order valence-corrected chi connectivity index (χ0v) is 11.2. The van der Waals surface area contributed by atoms with E-state index in [2.05, 4.69) is 31.9 Å². The summed E-state index contributed by atoms with van der Waals surface area (Å²) >= 11 is 6.37. The van der Waals surface area contributed by atoms with Crippen molar-refractivity contribution in [3.63, 3.8) is 0 Å². The summed E-state index contributed by atoms with van der Waals surface area (Å²) in [6, 6.07) is 4.39. The van der Waals surface area contributed by atoms with Gasteiger partial charge in [-0.2, -0.15) is 0 Å². The third kappa shape index (κ3) is 3.28. The first-order chi connectivity index (χ1) is 7.41. The van der Waals surface area contributed by atoms with Crippen molar-refractivity contribution < 1.29 is 9.72 Å². The molecule has 1 rings (SSSR count). The van der Waals surface area contributed by atoms with Crippen LogP contribution >= 0.6 is 31.9 Å². The molecule has 1 aromatic carbocycles. The van der Waals surface area contributed by atoms with Gasteiger partial charge in [-0.1, -0.05) is 31.9 Å². The number of non-ortho nitro benzene ring substituents is 1. The summed E-state index contributed by atoms with van der Waals surface area (Å²) in [5.74, 6) is -0.501. The Bertz CT molecular complexity index is 437. The number of carbonyl (C=O) groups is 1. The minimum absolute atomic E-state index is 0.0117. The number of rotatable bonds is 4. The molecule has 5 nitrogen and oxygen atoms in total. The standard InChI is InChI=1S/C9H8Br2N2O3/c10-7-2-1-6(13(15)16)3-5(7)4-8(11)9(12)14/h1-3,8H,4H2,(H2,12,14). The molecule has 1 amide bonds. The third-order valence-corrected chi connectivity index (χ3v) is 3.50. The highest BCUT2D eigenvalue weighted by Gasteiger charge is 2.16. The van der Waals surface area contributed by atoms with Crippen LogP contribution in [0.5, 0.6) is 0 Å². The van der Waals surface area contributed by atoms with Crippen molar-refractivity contribution in [2.75, 3.05) is 0 Å². The lowest BCUT2D eigenvalue weighted by Gasteiger charge is -2.07. The Morgan fingerprint density at radius 2 is 2.19 bits per heavy atom. The summed E-state index contributed by atoms with van der Waals surface area (Å²) in [4.78, 5) is 20.4. The summed E-state index contributed by atoms with van der Waals surface area (Å²) in [5, 5.41) is 10.6. The molecule has 86 valence electrons. The van der Waals surface area contributed by atoms with E-state index in [4.69, 9.17) is 5.73 Å². The maximum atomic E-state index is 10.9. The molecule has 0 spiro atoms. The lowest BCUT2D eigenvalue weighted by atomic mass is 10.1. The topological polar surface area (TPSA) is 86.2 Å². The average molecular weight is 352 g/mol. The van der Waals surface area contributed by atoms with E-state index in [1.54, 1.807) is 6.07 Å². The van der Waals surface area contributed by atoms with E-state index in [9.17, 15) is 14.9 Å². The van der Waals surface area contributed by atoms with Gasteiger partial charge in [-0.25, -0.2) is 0 Å². The number of halogens is 2. The molecule has 0 aliphatic carbocycles. The maximum absolute atomic E-state index is 10.9. The first kappa shape index (κ1) is 13.1. The molecule has 0 heterocycles. The van der Waals surface area contributed by atoms with Crippen molar-refractivity contribution in [2.45, 2.75) is 11.2 Å². The quantitative estimate of drug-likeness (QED) is 0.512. The Kier molecular flexibility index (Phi) is 4.43. The lowest BCUT2D eigenvalue weighted by molar-refractivity contribution is -0.384. The van der Waals surface area contributed by atoms with Gasteiger partial charge in [0.25, 0.3) is 5.69 Å². The van der Waals surface area contributed by atoms with Gasteiger partial charge in [0.2, 0.25) is 5.91 Å². The van der Waals surface area contributed by atoms with Crippen LogP contribution in [0.4, 0.5) is 5.69 Å². The summed E-state index contributed by atoms with van der Waals surface area (Å²) in [5.41, 5.74) is 5.75. The number of nitrogens with two attached hydrogens (primary N) is 1. The number of amides is 1. The Hall–Kier alpha value is -0.950. The van der Waals surface area contributed by atoms with E-state index < -0.39 is 15.7 Å². The molecule has 0 bridgehead atoms. The molecule has 0 aliphatic heterocycles. The molecule has 0 aromatic heterocycles. The molecule has 1 unspecified atom stereocenters. The van der Waals surface area contributed by atoms with Crippen LogP contribution in [0.3, 0.4) is 0 Å². The van der Waals surface area contributed by atoms with Crippen LogP contribution in [0, 0.1) is 10.1 Å². The Morgan fingerprint density at radius 3 is 2.69 bits per heavy atom. The van der Waals surface area contributed by atoms with E-state index >= 15 is 0 Å². The van der Waals surface area contributed by atoms with Crippen molar-refractivity contribution in [1.82, 2.24) is 0 Å². The van der Waals surface area contributed by atoms with Crippen LogP contribution in [0.1, 0.15) is 5.56 Å². The van der Waals surface area contributed by atoms with Crippen LogP contribution in [0.25, 0.3) is 0 Å². The van der Waals surface area contributed by atoms with Gasteiger partial charge in [-0.05, 0) is 18.1 Å². The number of carbonyl (C=O) groups excluding carboxylic acids is 1. The van der Waals surface area contributed by atoms with Gasteiger partial charge in [-0.3, -0.25) is 14.9 Å². The van der Waals surface area contributed by atoms with Gasteiger partial charge in [0.05, 0.1) is 9.75 Å². The first-order valence-corrected chi connectivity index (χ1v) is 5.99. The largest absolute Gasteiger partial charge is 0.369 e. The smallest absolute Gasteiger partial charge is 0.269 e. The number of hydrogen-bond donors (Lipinski definition) is 1.